The van der Waals surface area contributed by atoms with Crippen molar-refractivity contribution < 1.29 is 0 Å². The highest BCUT2D eigenvalue weighted by Crippen LogP contribution is 2.27. The van der Waals surface area contributed by atoms with Gasteiger partial charge in [0.25, 0.3) is 0 Å². The van der Waals surface area contributed by atoms with Crippen LogP contribution < -0.4 is 0 Å². The summed E-state index contributed by atoms with van der Waals surface area (Å²) in [5.41, 5.74) is 9.65. The molecule has 0 N–H and O–H groups in total. The van der Waals surface area contributed by atoms with Crippen molar-refractivity contribution in [1.82, 2.24) is 0 Å². The molecule has 0 saturated heterocycles. The van der Waals surface area contributed by atoms with Gasteiger partial charge in [0.1, 0.15) is 0 Å². The Labute approximate surface area is 181 Å². The van der Waals surface area contributed by atoms with E-state index in [0.717, 1.165) is 48.2 Å². The third kappa shape index (κ3) is 5.13. The van der Waals surface area contributed by atoms with E-state index >= 15 is 0 Å². The molecule has 0 saturated carbocycles. The van der Waals surface area contributed by atoms with Crippen LogP contribution in [0.2, 0.25) is 0 Å². The molecular weight excluding hydrogens is 364 g/mol. The van der Waals surface area contributed by atoms with E-state index in [4.69, 9.17) is 9.98 Å². The van der Waals surface area contributed by atoms with Gasteiger partial charge in [0.05, 0.1) is 11.4 Å². The fourth-order valence-electron chi connectivity index (χ4n) is 3.71. The molecule has 3 aromatic rings. The van der Waals surface area contributed by atoms with Crippen LogP contribution in [0.15, 0.2) is 70.6 Å². The summed E-state index contributed by atoms with van der Waals surface area (Å²) in [5, 5.41) is 0. The maximum atomic E-state index is 4.83. The monoisotopic (exact) mass is 396 g/mol. The molecule has 0 aliphatic carbocycles. The number of nitrogens with zero attached hydrogens (tertiary/aromatic N) is 2. The van der Waals surface area contributed by atoms with Crippen LogP contribution in [-0.4, -0.2) is 12.4 Å². The topological polar surface area (TPSA) is 24.7 Å². The van der Waals surface area contributed by atoms with Gasteiger partial charge >= 0.3 is 0 Å². The average molecular weight is 397 g/mol. The first-order valence-corrected chi connectivity index (χ1v) is 11.1. The average Bonchev–Trinajstić information content (AvgIpc) is 2.81. The molecule has 0 aliphatic rings. The molecule has 0 aromatic heterocycles. The molecule has 0 bridgehead atoms. The van der Waals surface area contributed by atoms with Crippen LogP contribution in [0, 0.1) is 0 Å². The minimum absolute atomic E-state index is 0.995. The molecule has 0 atom stereocenters. The van der Waals surface area contributed by atoms with Gasteiger partial charge < -0.3 is 0 Å². The Morgan fingerprint density at radius 2 is 0.800 bits per heavy atom. The molecule has 0 amide bonds. The lowest BCUT2D eigenvalue weighted by atomic mass is 10.0. The smallest absolute Gasteiger partial charge is 0.0693 e. The van der Waals surface area contributed by atoms with E-state index in [1.54, 1.807) is 0 Å². The van der Waals surface area contributed by atoms with Crippen molar-refractivity contribution >= 4 is 23.8 Å². The minimum Gasteiger partial charge on any atom is -0.256 e. The largest absolute Gasteiger partial charge is 0.256 e. The van der Waals surface area contributed by atoms with Gasteiger partial charge in [-0.2, -0.15) is 0 Å². The Bertz CT molecular complexity index is 898. The number of aliphatic imine (C=N–C) groups is 2. The lowest BCUT2D eigenvalue weighted by Gasteiger charge is -2.08. The summed E-state index contributed by atoms with van der Waals surface area (Å²) < 4.78 is 0. The zero-order valence-electron chi connectivity index (χ0n) is 18.7. The second kappa shape index (κ2) is 10.7. The predicted octanol–water partition coefficient (Wildman–Crippen LogP) is 7.44. The van der Waals surface area contributed by atoms with Crippen molar-refractivity contribution in [2.75, 3.05) is 0 Å². The molecule has 0 aliphatic heterocycles. The Morgan fingerprint density at radius 1 is 0.500 bits per heavy atom. The van der Waals surface area contributed by atoms with E-state index in [0.29, 0.717) is 0 Å². The quantitative estimate of drug-likeness (QED) is 0.354. The summed E-state index contributed by atoms with van der Waals surface area (Å²) in [6.45, 7) is 8.73. The highest BCUT2D eigenvalue weighted by Gasteiger charge is 2.05. The lowest BCUT2D eigenvalue weighted by Crippen LogP contribution is -1.91. The maximum absolute atomic E-state index is 4.83. The van der Waals surface area contributed by atoms with Crippen LogP contribution >= 0.6 is 0 Å². The van der Waals surface area contributed by atoms with E-state index in [1.807, 2.05) is 12.4 Å². The number of rotatable bonds is 8. The maximum Gasteiger partial charge on any atom is 0.0693 e. The Kier molecular flexibility index (Phi) is 7.73. The molecule has 2 heteroatoms. The summed E-state index contributed by atoms with van der Waals surface area (Å²) in [6.07, 6.45) is 7.92. The van der Waals surface area contributed by atoms with Gasteiger partial charge in [-0.05, 0) is 59.1 Å². The number of para-hydroxylation sites is 2. The van der Waals surface area contributed by atoms with E-state index in [-0.39, 0.29) is 0 Å². The summed E-state index contributed by atoms with van der Waals surface area (Å²) in [6, 6.07) is 21.4. The van der Waals surface area contributed by atoms with Crippen LogP contribution in [0.5, 0.6) is 0 Å². The molecule has 0 fully saturated rings. The SMILES string of the molecule is CCc1cccc(CC)c1N=Cc1ccc(C=Nc2c(CC)cccc2CC)cc1. The Morgan fingerprint density at radius 3 is 1.07 bits per heavy atom. The molecule has 0 radical (unpaired) electrons. The second-order valence-corrected chi connectivity index (χ2v) is 7.45. The third-order valence-corrected chi connectivity index (χ3v) is 5.55. The van der Waals surface area contributed by atoms with Crippen LogP contribution in [-0.2, 0) is 25.7 Å². The predicted molar refractivity (Wildman–Crippen MR) is 131 cm³/mol. The van der Waals surface area contributed by atoms with Crippen LogP contribution in [0.3, 0.4) is 0 Å². The summed E-state index contributed by atoms with van der Waals surface area (Å²) >= 11 is 0. The van der Waals surface area contributed by atoms with E-state index in [2.05, 4.69) is 88.4 Å². The first-order chi connectivity index (χ1) is 14.7. The lowest BCUT2D eigenvalue weighted by molar-refractivity contribution is 1.08. The number of hydrogen-bond donors (Lipinski definition) is 0. The first kappa shape index (κ1) is 21.7. The molecule has 154 valence electrons. The van der Waals surface area contributed by atoms with Gasteiger partial charge in [-0.25, -0.2) is 0 Å². The van der Waals surface area contributed by atoms with E-state index in [1.165, 1.54) is 22.3 Å². The normalized spacial score (nSPS) is 11.6. The Hall–Kier alpha value is -3.00. The highest BCUT2D eigenvalue weighted by atomic mass is 14.7. The molecule has 0 heterocycles. The Balaban J connectivity index is 1.80. The van der Waals surface area contributed by atoms with Crippen molar-refractivity contribution in [2.24, 2.45) is 9.98 Å². The third-order valence-electron chi connectivity index (χ3n) is 5.55. The van der Waals surface area contributed by atoms with Crippen molar-refractivity contribution in [3.05, 3.63) is 94.0 Å². The van der Waals surface area contributed by atoms with Crippen LogP contribution in [0.1, 0.15) is 61.1 Å². The number of hydrogen-bond acceptors (Lipinski definition) is 2. The molecule has 3 rings (SSSR count). The standard InChI is InChI=1S/C28H32N2/c1-5-23-11-9-12-24(6-2)27(23)29-19-21-15-17-22(18-16-21)20-30-28-25(7-3)13-10-14-26(28)8-4/h9-20H,5-8H2,1-4H3. The van der Waals surface area contributed by atoms with Gasteiger partial charge in [-0.3, -0.25) is 9.98 Å². The zero-order chi connectivity index (χ0) is 21.3. The minimum atomic E-state index is 0.995. The molecule has 30 heavy (non-hydrogen) atoms. The molecule has 0 unspecified atom stereocenters. The van der Waals surface area contributed by atoms with Crippen molar-refractivity contribution in [3.8, 4) is 0 Å². The van der Waals surface area contributed by atoms with Gasteiger partial charge in [-0.15, -0.1) is 0 Å². The summed E-state index contributed by atoms with van der Waals surface area (Å²) in [7, 11) is 0. The number of aryl methyl sites for hydroxylation is 4. The summed E-state index contributed by atoms with van der Waals surface area (Å²) in [4.78, 5) is 9.66. The zero-order valence-corrected chi connectivity index (χ0v) is 18.7. The fourth-order valence-corrected chi connectivity index (χ4v) is 3.71. The van der Waals surface area contributed by atoms with E-state index in [9.17, 15) is 0 Å². The van der Waals surface area contributed by atoms with Gasteiger partial charge in [-0.1, -0.05) is 88.4 Å². The second-order valence-electron chi connectivity index (χ2n) is 7.45. The van der Waals surface area contributed by atoms with Crippen molar-refractivity contribution in [1.29, 1.82) is 0 Å². The van der Waals surface area contributed by atoms with Gasteiger partial charge in [0.2, 0.25) is 0 Å². The van der Waals surface area contributed by atoms with Crippen molar-refractivity contribution in [2.45, 2.75) is 53.4 Å². The van der Waals surface area contributed by atoms with E-state index < -0.39 is 0 Å². The molecule has 3 aromatic carbocycles. The number of benzene rings is 3. The molecular formula is C28H32N2. The van der Waals surface area contributed by atoms with Crippen LogP contribution in [0.25, 0.3) is 0 Å². The van der Waals surface area contributed by atoms with Crippen LogP contribution in [0.4, 0.5) is 11.4 Å². The first-order valence-electron chi connectivity index (χ1n) is 11.1. The molecule has 2 nitrogen and oxygen atoms in total. The van der Waals surface area contributed by atoms with Crippen molar-refractivity contribution in [3.63, 3.8) is 0 Å². The molecule has 0 spiro atoms. The van der Waals surface area contributed by atoms with Gasteiger partial charge in [0, 0.05) is 12.4 Å². The fraction of sp³-hybridized carbons (Fsp3) is 0.286. The van der Waals surface area contributed by atoms with Gasteiger partial charge in [0.15, 0.2) is 0 Å². The highest BCUT2D eigenvalue weighted by molar-refractivity contribution is 5.87. The summed E-state index contributed by atoms with van der Waals surface area (Å²) in [5.74, 6) is 0.